The third-order valence-corrected chi connectivity index (χ3v) is 2.84. The molecule has 2 rings (SSSR count). The van der Waals surface area contributed by atoms with Gasteiger partial charge in [-0.3, -0.25) is 4.57 Å². The molecule has 0 spiro atoms. The zero-order valence-corrected chi connectivity index (χ0v) is 11.5. The van der Waals surface area contributed by atoms with Gasteiger partial charge in [0.25, 0.3) is 0 Å². The maximum Gasteiger partial charge on any atom is 0.416 e. The molecule has 4 nitrogen and oxygen atoms in total. The first kappa shape index (κ1) is 15.4. The van der Waals surface area contributed by atoms with Crippen LogP contribution < -0.4 is 10.4 Å². The van der Waals surface area contributed by atoms with E-state index in [4.69, 9.17) is 16.3 Å². The number of aromatic nitrogens is 2. The maximum absolute atomic E-state index is 12.6. The van der Waals surface area contributed by atoms with Gasteiger partial charge >= 0.3 is 11.9 Å². The number of benzene rings is 1. The number of ether oxygens (including phenoxy) is 1. The minimum Gasteiger partial charge on any atom is -0.470 e. The monoisotopic (exact) mass is 318 g/mol. The first-order valence-corrected chi connectivity index (χ1v) is 6.23. The number of alkyl halides is 3. The van der Waals surface area contributed by atoms with Crippen molar-refractivity contribution in [2.45, 2.75) is 19.3 Å². The minimum atomic E-state index is -4.46. The van der Waals surface area contributed by atoms with Crippen molar-refractivity contribution in [2.24, 2.45) is 0 Å². The van der Waals surface area contributed by atoms with E-state index in [-0.39, 0.29) is 10.8 Å². The molecule has 0 aliphatic carbocycles. The van der Waals surface area contributed by atoms with Crippen molar-refractivity contribution in [3.63, 3.8) is 0 Å². The smallest absolute Gasteiger partial charge is 0.416 e. The molecule has 0 fully saturated rings. The molecule has 0 bridgehead atoms. The molecule has 0 aliphatic rings. The van der Waals surface area contributed by atoms with E-state index in [2.05, 4.69) is 4.98 Å². The molecule has 1 atom stereocenters. The van der Waals surface area contributed by atoms with Gasteiger partial charge in [0.1, 0.15) is 5.75 Å². The Morgan fingerprint density at radius 1 is 1.38 bits per heavy atom. The molecule has 0 amide bonds. The summed E-state index contributed by atoms with van der Waals surface area (Å²) in [5, 5.41) is 0.217. The van der Waals surface area contributed by atoms with E-state index >= 15 is 0 Å². The molecular formula is C13H10ClF3N2O2. The second-order valence-electron chi connectivity index (χ2n) is 4.20. The van der Waals surface area contributed by atoms with Crippen molar-refractivity contribution in [2.75, 3.05) is 0 Å². The summed E-state index contributed by atoms with van der Waals surface area (Å²) in [6.45, 7) is 1.50. The fourth-order valence-electron chi connectivity index (χ4n) is 1.66. The largest absolute Gasteiger partial charge is 0.470 e. The fourth-order valence-corrected chi connectivity index (χ4v) is 1.82. The van der Waals surface area contributed by atoms with Crippen LogP contribution in [-0.4, -0.2) is 9.55 Å². The van der Waals surface area contributed by atoms with Gasteiger partial charge in [0, 0.05) is 6.20 Å². The van der Waals surface area contributed by atoms with Crippen LogP contribution in [0.15, 0.2) is 41.5 Å². The van der Waals surface area contributed by atoms with Crippen LogP contribution in [0.2, 0.25) is 5.02 Å². The van der Waals surface area contributed by atoms with E-state index in [1.807, 2.05) is 0 Å². The van der Waals surface area contributed by atoms with Crippen LogP contribution in [0.3, 0.4) is 0 Å². The molecule has 0 saturated heterocycles. The summed E-state index contributed by atoms with van der Waals surface area (Å²) in [7, 11) is 0. The molecule has 8 heteroatoms. The van der Waals surface area contributed by atoms with E-state index in [0.29, 0.717) is 0 Å². The summed E-state index contributed by atoms with van der Waals surface area (Å²) < 4.78 is 44.2. The van der Waals surface area contributed by atoms with Crippen molar-refractivity contribution < 1.29 is 17.9 Å². The Morgan fingerprint density at radius 3 is 2.76 bits per heavy atom. The quantitative estimate of drug-likeness (QED) is 0.870. The molecule has 0 saturated carbocycles. The topological polar surface area (TPSA) is 44.1 Å². The van der Waals surface area contributed by atoms with Crippen molar-refractivity contribution in [1.29, 1.82) is 0 Å². The van der Waals surface area contributed by atoms with Gasteiger partial charge in [0.05, 0.1) is 16.8 Å². The van der Waals surface area contributed by atoms with Gasteiger partial charge in [0.15, 0.2) is 6.23 Å². The van der Waals surface area contributed by atoms with Crippen molar-refractivity contribution in [3.05, 3.63) is 57.7 Å². The van der Waals surface area contributed by atoms with Crippen molar-refractivity contribution in [1.82, 2.24) is 9.55 Å². The molecular weight excluding hydrogens is 309 g/mol. The summed E-state index contributed by atoms with van der Waals surface area (Å²) in [6.07, 6.45) is -2.84. The molecule has 21 heavy (non-hydrogen) atoms. The second-order valence-corrected chi connectivity index (χ2v) is 4.64. The third kappa shape index (κ3) is 3.75. The minimum absolute atomic E-state index is 0.01000. The van der Waals surface area contributed by atoms with Gasteiger partial charge in [-0.1, -0.05) is 17.7 Å². The van der Waals surface area contributed by atoms with Crippen molar-refractivity contribution in [3.8, 4) is 5.75 Å². The van der Waals surface area contributed by atoms with Crippen LogP contribution in [0.1, 0.15) is 18.7 Å². The molecule has 1 unspecified atom stereocenters. The molecule has 1 aromatic heterocycles. The van der Waals surface area contributed by atoms with Crippen molar-refractivity contribution >= 4 is 11.6 Å². The molecule has 2 aromatic rings. The number of hydrogen-bond donors (Lipinski definition) is 0. The van der Waals surface area contributed by atoms with Crippen LogP contribution in [0.4, 0.5) is 13.2 Å². The van der Waals surface area contributed by atoms with E-state index < -0.39 is 23.7 Å². The highest BCUT2D eigenvalue weighted by Crippen LogP contribution is 2.31. The van der Waals surface area contributed by atoms with Gasteiger partial charge in [-0.05, 0) is 25.1 Å². The predicted molar refractivity (Wildman–Crippen MR) is 70.3 cm³/mol. The Bertz CT molecular complexity index is 700. The SMILES string of the molecule is CC(Oc1cccc(C(F)(F)F)c1)n1cc(Cl)cnc1=O. The number of nitrogens with zero attached hydrogens (tertiary/aromatic N) is 2. The first-order valence-electron chi connectivity index (χ1n) is 5.85. The van der Waals surface area contributed by atoms with Gasteiger partial charge in [0.2, 0.25) is 0 Å². The summed E-state index contributed by atoms with van der Waals surface area (Å²) >= 11 is 5.72. The lowest BCUT2D eigenvalue weighted by atomic mass is 10.2. The highest BCUT2D eigenvalue weighted by molar-refractivity contribution is 6.30. The van der Waals surface area contributed by atoms with Crippen LogP contribution in [0, 0.1) is 0 Å². The number of rotatable bonds is 3. The molecule has 1 aromatic carbocycles. The average molecular weight is 319 g/mol. The zero-order valence-electron chi connectivity index (χ0n) is 10.8. The first-order chi connectivity index (χ1) is 9.77. The maximum atomic E-state index is 12.6. The summed E-state index contributed by atoms with van der Waals surface area (Å²) in [6, 6.07) is 4.39. The van der Waals surface area contributed by atoms with Gasteiger partial charge in [-0.15, -0.1) is 0 Å². The van der Waals surface area contributed by atoms with Crippen LogP contribution in [-0.2, 0) is 6.18 Å². The van der Waals surface area contributed by atoms with Gasteiger partial charge in [-0.25, -0.2) is 4.79 Å². The molecule has 0 aliphatic heterocycles. The normalized spacial score (nSPS) is 13.0. The highest BCUT2D eigenvalue weighted by atomic mass is 35.5. The molecule has 1 heterocycles. The van der Waals surface area contributed by atoms with Gasteiger partial charge < -0.3 is 4.74 Å². The highest BCUT2D eigenvalue weighted by Gasteiger charge is 2.30. The lowest BCUT2D eigenvalue weighted by molar-refractivity contribution is -0.137. The Balaban J connectivity index is 2.26. The Labute approximate surface area is 122 Å². The van der Waals surface area contributed by atoms with E-state index in [0.717, 1.165) is 16.7 Å². The van der Waals surface area contributed by atoms with Crippen LogP contribution >= 0.6 is 11.6 Å². The standard InChI is InChI=1S/C13H10ClF3N2O2/c1-8(19-7-10(14)6-18-12(19)20)21-11-4-2-3-9(5-11)13(15,16)17/h2-8H,1H3. The van der Waals surface area contributed by atoms with E-state index in [1.54, 1.807) is 0 Å². The average Bonchev–Trinajstić information content (AvgIpc) is 2.41. The number of hydrogen-bond acceptors (Lipinski definition) is 3. The van der Waals surface area contributed by atoms with E-state index in [1.165, 1.54) is 31.5 Å². The molecule has 0 N–H and O–H groups in total. The lowest BCUT2D eigenvalue weighted by Gasteiger charge is -2.17. The summed E-state index contributed by atoms with van der Waals surface area (Å²) in [5.41, 5.74) is -1.44. The van der Waals surface area contributed by atoms with Gasteiger partial charge in [-0.2, -0.15) is 18.2 Å². The Hall–Kier alpha value is -2.02. The Kier molecular flexibility index (Phi) is 4.22. The lowest BCUT2D eigenvalue weighted by Crippen LogP contribution is -2.27. The van der Waals surface area contributed by atoms with Crippen LogP contribution in [0.25, 0.3) is 0 Å². The fraction of sp³-hybridized carbons (Fsp3) is 0.231. The van der Waals surface area contributed by atoms with Crippen LogP contribution in [0.5, 0.6) is 5.75 Å². The molecule has 112 valence electrons. The molecule has 0 radical (unpaired) electrons. The summed E-state index contributed by atoms with van der Waals surface area (Å²) in [4.78, 5) is 15.1. The summed E-state index contributed by atoms with van der Waals surface area (Å²) in [5.74, 6) is -0.01000. The Morgan fingerprint density at radius 2 is 2.10 bits per heavy atom. The predicted octanol–water partition coefficient (Wildman–Crippen LogP) is 3.51. The third-order valence-electron chi connectivity index (χ3n) is 2.64. The second kappa shape index (κ2) is 5.77. The van der Waals surface area contributed by atoms with E-state index in [9.17, 15) is 18.0 Å². The zero-order chi connectivity index (χ0) is 15.6. The number of halogens is 4.